The molecule has 608 valence electrons. The summed E-state index contributed by atoms with van der Waals surface area (Å²) in [7, 11) is -52.7. The number of alkyl carbamates (subject to hydrolysis) is 1. The predicted octanol–water partition coefficient (Wildman–Crippen LogP) is -6.19. The van der Waals surface area contributed by atoms with E-state index in [0.29, 0.717) is 19.4 Å². The number of hydrogen-bond acceptors (Lipinski definition) is 32. The molecule has 4 amide bonds. The number of aliphatic hydroxyl groups is 4. The molecule has 3 unspecified atom stereocenters. The number of carbonyl (C=O) groups is 12. The molecule has 105 heavy (non-hydrogen) atoms. The Bertz CT molecular complexity index is 3340. The Morgan fingerprint density at radius 3 is 0.838 bits per heavy atom. The Balaban J connectivity index is 7.36. The SMILES string of the molecule is O=CCCCOCCOCCOCCOCCNC(=O)C(CCCCCC(=O)OC(=O)C(O)(P(=O)(O)O)P(=O)(O)O)NC(=O)C(CCCCCC(=O)OC(=O)C(O)(P(=O)(O)O)P(=O)(O)O)NC(=O)C(CCCCCC(=O)OC(=O)C(O)(P(=O)(O)O)P(=O)(O)O)NC(=O)OC(=O)C(O)(P(=O)(O)O)P(=O)(O)O. The molecule has 0 saturated carbocycles. The van der Waals surface area contributed by atoms with Crippen LogP contribution in [-0.4, -0.2) is 268 Å². The highest BCUT2D eigenvalue weighted by atomic mass is 31.3. The van der Waals surface area contributed by atoms with Gasteiger partial charge in [0.2, 0.25) is 17.7 Å². The molecule has 0 aliphatic carbocycles. The Labute approximate surface area is 589 Å². The zero-order valence-corrected chi connectivity index (χ0v) is 61.3. The van der Waals surface area contributed by atoms with Gasteiger partial charge in [-0.1, -0.05) is 38.5 Å². The van der Waals surface area contributed by atoms with Crippen LogP contribution in [0.2, 0.25) is 0 Å². The van der Waals surface area contributed by atoms with Crippen LogP contribution in [0.1, 0.15) is 109 Å². The number of amides is 4. The van der Waals surface area contributed by atoms with Crippen molar-refractivity contribution in [2.75, 3.05) is 59.4 Å². The highest BCUT2D eigenvalue weighted by molar-refractivity contribution is 7.75. The van der Waals surface area contributed by atoms with Crippen LogP contribution in [0.25, 0.3) is 0 Å². The molecule has 0 radical (unpaired) electrons. The zero-order valence-electron chi connectivity index (χ0n) is 54.1. The molecule has 0 aromatic carbocycles. The lowest BCUT2D eigenvalue weighted by Crippen LogP contribution is -2.57. The Kier molecular flexibility index (Phi) is 41.7. The molecule has 0 bridgehead atoms. The van der Waals surface area contributed by atoms with E-state index in [0.717, 1.165) is 6.29 Å². The van der Waals surface area contributed by atoms with Crippen LogP contribution >= 0.6 is 60.8 Å². The summed E-state index contributed by atoms with van der Waals surface area (Å²) in [5, 5.41) is 28.6. The molecular weight excluding hydrogens is 1610 g/mol. The summed E-state index contributed by atoms with van der Waals surface area (Å²) in [5.41, 5.74) is 0. The van der Waals surface area contributed by atoms with Crippen molar-refractivity contribution in [3.05, 3.63) is 0 Å². The number of rotatable bonds is 52. The standard InChI is InChI=1S/C45H80N4O48P8/c50-19-10-11-20-90-22-24-92-26-27-93-25-23-91-21-18-46-34(54)28(12-4-1-7-15-31(51)94-37(57)42(62,98(66,67)68)99(69,70)71)47-35(55)29(13-5-2-8-16-32(52)95-38(58)43(63,100(72,73)74)101(75,76)77)48-36(56)30(49-41(61)97-40(60)45(65,104(84,85)86)105(87,88)89)14-6-3-9-17-33(53)96-39(59)44(64,102(78,79)80)103(81,82)83/h19,28-30,62-65H,1-18,20-27H2,(H,46,54)(H,47,55)(H,48,56)(H,49,61)(H2,66,67,68)(H2,69,70,71)(H2,72,73,74)(H2,75,76,77)(H2,78,79,80)(H2,81,82,83)(H2,84,85,86)(H2,87,88,89). The van der Waals surface area contributed by atoms with Crippen LogP contribution in [0.5, 0.6) is 0 Å². The van der Waals surface area contributed by atoms with Crippen molar-refractivity contribution in [3.8, 4) is 0 Å². The van der Waals surface area contributed by atoms with Gasteiger partial charge in [-0.15, -0.1) is 0 Å². The second-order valence-corrected chi connectivity index (χ2v) is 36.8. The van der Waals surface area contributed by atoms with E-state index in [9.17, 15) is 193 Å². The highest BCUT2D eigenvalue weighted by Gasteiger charge is 2.70. The molecule has 24 N–H and O–H groups in total. The van der Waals surface area contributed by atoms with Gasteiger partial charge in [-0.05, 0) is 44.9 Å². The smallest absolute Gasteiger partial charge is 0.390 e. The summed E-state index contributed by atoms with van der Waals surface area (Å²) in [6.45, 7) is 0.211. The molecule has 0 spiro atoms. The van der Waals surface area contributed by atoms with Crippen molar-refractivity contribution in [2.45, 2.75) is 148 Å². The first kappa shape index (κ1) is 100. The van der Waals surface area contributed by atoms with Gasteiger partial charge in [0.05, 0.1) is 46.2 Å². The van der Waals surface area contributed by atoms with E-state index >= 15 is 0 Å². The molecule has 0 aliphatic rings. The van der Waals surface area contributed by atoms with Crippen LogP contribution in [-0.2, 0) is 127 Å². The average molecular weight is 1690 g/mol. The van der Waals surface area contributed by atoms with Gasteiger partial charge in [0, 0.05) is 38.8 Å². The maximum atomic E-state index is 14.4. The number of hydrogen-bond donors (Lipinski definition) is 24. The third-order valence-corrected chi connectivity index (χ3v) is 27.6. The summed E-state index contributed by atoms with van der Waals surface area (Å²) in [5.74, 6) is -21.1. The van der Waals surface area contributed by atoms with E-state index in [4.69, 9.17) is 18.9 Å². The molecule has 3 atom stereocenters. The van der Waals surface area contributed by atoms with E-state index in [1.807, 2.05) is 0 Å². The second kappa shape index (κ2) is 43.6. The van der Waals surface area contributed by atoms with E-state index in [2.05, 4.69) is 34.9 Å². The van der Waals surface area contributed by atoms with Crippen molar-refractivity contribution in [2.24, 2.45) is 0 Å². The largest absolute Gasteiger partial charge is 0.415 e. The Hall–Kier alpha value is -4.68. The van der Waals surface area contributed by atoms with Gasteiger partial charge >= 0.3 is 129 Å². The van der Waals surface area contributed by atoms with Gasteiger partial charge in [0.25, 0.3) is 0 Å². The third kappa shape index (κ3) is 31.3. The minimum atomic E-state index is -6.77. The molecule has 0 saturated heterocycles. The first-order valence-electron chi connectivity index (χ1n) is 29.5. The van der Waals surface area contributed by atoms with Crippen LogP contribution in [0.15, 0.2) is 0 Å². The molecule has 0 rings (SSSR count). The molecule has 0 aromatic rings. The lowest BCUT2D eigenvalue weighted by Gasteiger charge is -2.27. The number of nitrogens with one attached hydrogen (secondary N) is 4. The van der Waals surface area contributed by atoms with Gasteiger partial charge < -0.3 is 163 Å². The Morgan fingerprint density at radius 1 is 0.314 bits per heavy atom. The van der Waals surface area contributed by atoms with E-state index < -0.39 is 248 Å². The third-order valence-electron chi connectivity index (χ3n) is 13.4. The summed E-state index contributed by atoms with van der Waals surface area (Å²) in [6.07, 6.45) is -10.0. The zero-order chi connectivity index (χ0) is 81.7. The lowest BCUT2D eigenvalue weighted by molar-refractivity contribution is -0.167. The van der Waals surface area contributed by atoms with Gasteiger partial charge in [-0.2, -0.15) is 0 Å². The molecule has 0 heterocycles. The second-order valence-electron chi connectivity index (χ2n) is 21.5. The normalized spacial score (nSPS) is 14.0. The highest BCUT2D eigenvalue weighted by Crippen LogP contribution is 2.70. The number of ether oxygens (including phenoxy) is 8. The fraction of sp³-hybridized carbons (Fsp3) is 0.733. The fourth-order valence-corrected chi connectivity index (χ4v) is 15.5. The van der Waals surface area contributed by atoms with Crippen LogP contribution < -0.4 is 21.3 Å². The van der Waals surface area contributed by atoms with Crippen LogP contribution in [0.4, 0.5) is 4.79 Å². The van der Waals surface area contributed by atoms with E-state index in [1.165, 1.54) is 0 Å². The minimum absolute atomic E-state index is 0.0236. The molecule has 0 fully saturated rings. The van der Waals surface area contributed by atoms with Crippen molar-refractivity contribution < 1.29 is 231 Å². The Morgan fingerprint density at radius 2 is 0.562 bits per heavy atom. The maximum absolute atomic E-state index is 14.4. The first-order valence-corrected chi connectivity index (χ1v) is 42.4. The fourth-order valence-electron chi connectivity index (χ4n) is 7.76. The number of carbonyl (C=O) groups excluding carboxylic acids is 12. The van der Waals surface area contributed by atoms with Gasteiger partial charge in [-0.25, -0.2) is 24.0 Å². The van der Waals surface area contributed by atoms with Crippen molar-refractivity contribution >= 4 is 133 Å². The van der Waals surface area contributed by atoms with Crippen LogP contribution in [0, 0.1) is 0 Å². The molecule has 0 aromatic heterocycles. The minimum Gasteiger partial charge on any atom is -0.390 e. The number of unbranched alkanes of at least 4 members (excludes halogenated alkanes) is 7. The van der Waals surface area contributed by atoms with E-state index in [-0.39, 0.29) is 65.6 Å². The molecule has 0 aliphatic heterocycles. The van der Waals surface area contributed by atoms with Crippen molar-refractivity contribution in [1.29, 1.82) is 0 Å². The van der Waals surface area contributed by atoms with Crippen molar-refractivity contribution in [1.82, 2.24) is 21.3 Å². The molecule has 52 nitrogen and oxygen atoms in total. The molecule has 60 heteroatoms. The van der Waals surface area contributed by atoms with Crippen LogP contribution in [0.3, 0.4) is 0 Å². The first-order chi connectivity index (χ1) is 47.8. The maximum Gasteiger partial charge on any atom is 0.415 e. The number of esters is 7. The lowest BCUT2D eigenvalue weighted by atomic mass is 10.0. The summed E-state index contributed by atoms with van der Waals surface area (Å²) < 4.78 is 132. The summed E-state index contributed by atoms with van der Waals surface area (Å²) in [6, 6.07) is -6.26. The molecular formula is C45H80N4O48P8. The van der Waals surface area contributed by atoms with Gasteiger partial charge in [-0.3, -0.25) is 65.3 Å². The number of aldehydes is 1. The average Bonchev–Trinajstić information content (AvgIpc) is 0.779. The quantitative estimate of drug-likeness (QED) is 0.00673. The van der Waals surface area contributed by atoms with Gasteiger partial charge in [0.1, 0.15) is 24.4 Å². The topological polar surface area (TPSA) is 868 Å². The summed E-state index contributed by atoms with van der Waals surface area (Å²) in [4.78, 5) is 302. The summed E-state index contributed by atoms with van der Waals surface area (Å²) >= 11 is 0. The predicted molar refractivity (Wildman–Crippen MR) is 333 cm³/mol. The van der Waals surface area contributed by atoms with E-state index in [1.54, 1.807) is 5.32 Å². The van der Waals surface area contributed by atoms with Gasteiger partial charge in [0.15, 0.2) is 0 Å². The monoisotopic (exact) mass is 1690 g/mol. The van der Waals surface area contributed by atoms with Crippen molar-refractivity contribution in [3.63, 3.8) is 0 Å².